The summed E-state index contributed by atoms with van der Waals surface area (Å²) in [6.07, 6.45) is 52.3. The van der Waals surface area contributed by atoms with Crippen molar-refractivity contribution in [2.45, 2.75) is 273 Å². The summed E-state index contributed by atoms with van der Waals surface area (Å²) in [6, 6.07) is 0. The maximum atomic E-state index is 2.29. The Balaban J connectivity index is -0.000000545. The van der Waals surface area contributed by atoms with Crippen molar-refractivity contribution in [3.8, 4) is 0 Å². The minimum absolute atomic E-state index is 1.37. The summed E-state index contributed by atoms with van der Waals surface area (Å²) in [7, 11) is 0. The predicted molar refractivity (Wildman–Crippen MR) is 200 cm³/mol. The van der Waals surface area contributed by atoms with Crippen LogP contribution >= 0.6 is 0 Å². The van der Waals surface area contributed by atoms with Crippen LogP contribution in [-0.4, -0.2) is 0 Å². The standard InChI is InChI=1S/C15H32.C14H30.C13H28/c1-3-5-7-9-11-13-15-14-12-10-8-6-4-2;1-3-5-7-9-11-13-14-12-10-8-6-4-2;1-3-5-7-9-11-13-12-10-8-6-4-2/h3-15H2,1-2H3;3-14H2,1-2H3;3-13H2,1-2H3. The zero-order valence-electron chi connectivity index (χ0n) is 31.5. The lowest BCUT2D eigenvalue weighted by Gasteiger charge is -2.01. The molecule has 0 aromatic rings. The smallest absolute Gasteiger partial charge is 0.0533 e. The summed E-state index contributed by atoms with van der Waals surface area (Å²) in [5, 5.41) is 0. The Labute approximate surface area is 272 Å². The van der Waals surface area contributed by atoms with E-state index in [0.717, 1.165) is 0 Å². The van der Waals surface area contributed by atoms with Gasteiger partial charge in [-0.2, -0.15) is 0 Å². The van der Waals surface area contributed by atoms with Crippen molar-refractivity contribution >= 4 is 0 Å². The van der Waals surface area contributed by atoms with Gasteiger partial charge in [-0.25, -0.2) is 0 Å². The zero-order chi connectivity index (χ0) is 31.5. The van der Waals surface area contributed by atoms with E-state index in [4.69, 9.17) is 0 Å². The Kier molecular flexibility index (Phi) is 55.9. The van der Waals surface area contributed by atoms with Crippen LogP contribution in [0, 0.1) is 0 Å². The first-order chi connectivity index (χ1) is 20.7. The van der Waals surface area contributed by atoms with Gasteiger partial charge in [0.25, 0.3) is 0 Å². The van der Waals surface area contributed by atoms with Crippen LogP contribution < -0.4 is 0 Å². The van der Waals surface area contributed by atoms with E-state index in [2.05, 4.69) is 41.5 Å². The molecule has 0 heteroatoms. The number of hydrogen-bond donors (Lipinski definition) is 0. The first kappa shape index (κ1) is 46.4. The molecule has 0 saturated carbocycles. The summed E-state index contributed by atoms with van der Waals surface area (Å²) in [5.41, 5.74) is 0. The molecule has 0 N–H and O–H groups in total. The molecule has 0 rings (SSSR count). The van der Waals surface area contributed by atoms with E-state index in [0.29, 0.717) is 0 Å². The minimum Gasteiger partial charge on any atom is -0.0654 e. The van der Waals surface area contributed by atoms with E-state index in [1.165, 1.54) is 231 Å². The van der Waals surface area contributed by atoms with Crippen molar-refractivity contribution in [2.24, 2.45) is 0 Å². The van der Waals surface area contributed by atoms with Gasteiger partial charge in [-0.15, -0.1) is 0 Å². The Morgan fingerprint density at radius 3 is 0.262 bits per heavy atom. The first-order valence-electron chi connectivity index (χ1n) is 20.7. The third-order valence-electron chi connectivity index (χ3n) is 8.87. The van der Waals surface area contributed by atoms with Gasteiger partial charge in [0.1, 0.15) is 0 Å². The highest BCUT2D eigenvalue weighted by molar-refractivity contribution is 4.49. The van der Waals surface area contributed by atoms with Gasteiger partial charge in [-0.1, -0.05) is 273 Å². The zero-order valence-corrected chi connectivity index (χ0v) is 31.5. The fourth-order valence-electron chi connectivity index (χ4n) is 5.74. The second kappa shape index (κ2) is 50.6. The molecule has 0 bridgehead atoms. The van der Waals surface area contributed by atoms with Crippen LogP contribution in [0.4, 0.5) is 0 Å². The Morgan fingerprint density at radius 1 is 0.119 bits per heavy atom. The maximum Gasteiger partial charge on any atom is -0.0533 e. The third kappa shape index (κ3) is 55.9. The van der Waals surface area contributed by atoms with Crippen molar-refractivity contribution in [3.05, 3.63) is 0 Å². The van der Waals surface area contributed by atoms with E-state index >= 15 is 0 Å². The molecule has 0 aliphatic rings. The highest BCUT2D eigenvalue weighted by Crippen LogP contribution is 2.13. The van der Waals surface area contributed by atoms with Crippen molar-refractivity contribution in [2.75, 3.05) is 0 Å². The molecule has 0 unspecified atom stereocenters. The summed E-state index contributed by atoms with van der Waals surface area (Å²) < 4.78 is 0. The average molecular weight is 595 g/mol. The average Bonchev–Trinajstić information content (AvgIpc) is 3.01. The molecule has 0 saturated heterocycles. The molecule has 0 spiro atoms. The topological polar surface area (TPSA) is 0 Å². The normalized spacial score (nSPS) is 10.7. The van der Waals surface area contributed by atoms with Gasteiger partial charge in [0.05, 0.1) is 0 Å². The maximum absolute atomic E-state index is 2.29. The molecular formula is C42H90. The van der Waals surface area contributed by atoms with Crippen LogP contribution in [0.1, 0.15) is 273 Å². The molecule has 0 nitrogen and oxygen atoms in total. The van der Waals surface area contributed by atoms with Gasteiger partial charge in [-0.3, -0.25) is 0 Å². The summed E-state index contributed by atoms with van der Waals surface area (Å²) in [5.74, 6) is 0. The Hall–Kier alpha value is 0. The van der Waals surface area contributed by atoms with Crippen LogP contribution in [0.3, 0.4) is 0 Å². The molecule has 0 fully saturated rings. The highest BCUT2D eigenvalue weighted by Gasteiger charge is 1.94. The molecule has 0 heterocycles. The van der Waals surface area contributed by atoms with Crippen LogP contribution in [0.5, 0.6) is 0 Å². The molecule has 0 aromatic carbocycles. The van der Waals surface area contributed by atoms with Crippen molar-refractivity contribution in [3.63, 3.8) is 0 Å². The molecule has 42 heavy (non-hydrogen) atoms. The molecule has 0 aliphatic carbocycles. The molecule has 0 amide bonds. The molecule has 258 valence electrons. The van der Waals surface area contributed by atoms with Crippen LogP contribution in [-0.2, 0) is 0 Å². The van der Waals surface area contributed by atoms with Gasteiger partial charge in [0, 0.05) is 0 Å². The lowest BCUT2D eigenvalue weighted by atomic mass is 10.1. The first-order valence-corrected chi connectivity index (χ1v) is 20.7. The second-order valence-corrected chi connectivity index (χ2v) is 13.6. The van der Waals surface area contributed by atoms with Gasteiger partial charge < -0.3 is 0 Å². The van der Waals surface area contributed by atoms with E-state index < -0.39 is 0 Å². The van der Waals surface area contributed by atoms with Crippen molar-refractivity contribution in [1.82, 2.24) is 0 Å². The van der Waals surface area contributed by atoms with E-state index in [1.54, 1.807) is 0 Å². The second-order valence-electron chi connectivity index (χ2n) is 13.6. The molecule has 0 aromatic heterocycles. The van der Waals surface area contributed by atoms with Crippen LogP contribution in [0.25, 0.3) is 0 Å². The summed E-state index contributed by atoms with van der Waals surface area (Å²) in [4.78, 5) is 0. The largest absolute Gasteiger partial charge is 0.0654 e. The number of hydrogen-bond acceptors (Lipinski definition) is 0. The van der Waals surface area contributed by atoms with Crippen LogP contribution in [0.15, 0.2) is 0 Å². The predicted octanol–water partition coefficient (Wildman–Crippen LogP) is 17.1. The van der Waals surface area contributed by atoms with E-state index in [-0.39, 0.29) is 0 Å². The molecule has 0 radical (unpaired) electrons. The van der Waals surface area contributed by atoms with Crippen molar-refractivity contribution < 1.29 is 0 Å². The lowest BCUT2D eigenvalue weighted by Crippen LogP contribution is -1.82. The number of rotatable bonds is 33. The highest BCUT2D eigenvalue weighted by atomic mass is 14.0. The molecule has 0 aliphatic heterocycles. The SMILES string of the molecule is CCCCCCCCCCCCC.CCCCCCCCCCCCCC.CCCCCCCCCCCCCCC. The van der Waals surface area contributed by atoms with E-state index in [9.17, 15) is 0 Å². The summed E-state index contributed by atoms with van der Waals surface area (Å²) >= 11 is 0. The lowest BCUT2D eigenvalue weighted by molar-refractivity contribution is 0.542. The minimum atomic E-state index is 1.37. The number of unbranched alkanes of at least 4 members (excludes halogenated alkanes) is 33. The third-order valence-corrected chi connectivity index (χ3v) is 8.87. The van der Waals surface area contributed by atoms with Gasteiger partial charge in [0.15, 0.2) is 0 Å². The molecular weight excluding hydrogens is 504 g/mol. The van der Waals surface area contributed by atoms with Gasteiger partial charge in [0.2, 0.25) is 0 Å². The fourth-order valence-corrected chi connectivity index (χ4v) is 5.74. The van der Waals surface area contributed by atoms with Crippen molar-refractivity contribution in [1.29, 1.82) is 0 Å². The van der Waals surface area contributed by atoms with Crippen LogP contribution in [0.2, 0.25) is 0 Å². The van der Waals surface area contributed by atoms with Gasteiger partial charge >= 0.3 is 0 Å². The quantitative estimate of drug-likeness (QED) is 0.0663. The monoisotopic (exact) mass is 595 g/mol. The summed E-state index contributed by atoms with van der Waals surface area (Å²) in [6.45, 7) is 13.7. The Bertz CT molecular complexity index is 338. The fraction of sp³-hybridized carbons (Fsp3) is 1.00. The van der Waals surface area contributed by atoms with Gasteiger partial charge in [-0.05, 0) is 0 Å². The Morgan fingerprint density at radius 2 is 0.190 bits per heavy atom. The van der Waals surface area contributed by atoms with E-state index in [1.807, 2.05) is 0 Å². The molecule has 0 atom stereocenters.